The summed E-state index contributed by atoms with van der Waals surface area (Å²) in [7, 11) is 0. The van der Waals surface area contributed by atoms with Crippen molar-refractivity contribution in [3.8, 4) is 11.5 Å². The van der Waals surface area contributed by atoms with E-state index in [0.717, 1.165) is 18.2 Å². The Labute approximate surface area is 212 Å². The second-order valence-corrected chi connectivity index (χ2v) is 8.84. The molecule has 2 aliphatic rings. The summed E-state index contributed by atoms with van der Waals surface area (Å²) in [5, 5.41) is -0.185. The topological polar surface area (TPSA) is 60.5 Å². The molecule has 2 aromatic carbocycles. The number of rotatable bonds is 5. The maximum Gasteiger partial charge on any atom is 0.573 e. The molecule has 7 nitrogen and oxygen atoms in total. The number of ether oxygens (including phenoxy) is 4. The van der Waals surface area contributed by atoms with Crippen molar-refractivity contribution in [1.82, 2.24) is 9.80 Å². The normalized spacial score (nSPS) is 21.2. The summed E-state index contributed by atoms with van der Waals surface area (Å²) in [6.45, 7) is 1.85. The van der Waals surface area contributed by atoms with E-state index in [-0.39, 0.29) is 43.4 Å². The molecule has 2 saturated heterocycles. The molecule has 0 N–H and O–H groups in total. The van der Waals surface area contributed by atoms with Crippen LogP contribution in [0.2, 0.25) is 5.02 Å². The van der Waals surface area contributed by atoms with Crippen LogP contribution in [0.5, 0.6) is 11.5 Å². The Morgan fingerprint density at radius 1 is 0.919 bits per heavy atom. The zero-order chi connectivity index (χ0) is 26.8. The number of carbonyl (C=O) groups is 1. The van der Waals surface area contributed by atoms with Gasteiger partial charge in [-0.15, -0.1) is 26.3 Å². The van der Waals surface area contributed by atoms with Crippen molar-refractivity contribution in [2.75, 3.05) is 39.4 Å². The minimum absolute atomic E-state index is 0.0717. The van der Waals surface area contributed by atoms with Crippen LogP contribution in [0.4, 0.5) is 26.3 Å². The van der Waals surface area contributed by atoms with Gasteiger partial charge in [0, 0.05) is 25.2 Å². The molecule has 2 fully saturated rings. The Bertz CT molecular complexity index is 1110. The predicted molar refractivity (Wildman–Crippen MR) is 117 cm³/mol. The number of alkyl halides is 6. The first-order valence-electron chi connectivity index (χ1n) is 11.0. The quantitative estimate of drug-likeness (QED) is 0.493. The molecular formula is C23H21ClF6N2O5. The molecule has 1 spiro atoms. The average molecular weight is 555 g/mol. The zero-order valence-electron chi connectivity index (χ0n) is 19.1. The van der Waals surface area contributed by atoms with Crippen molar-refractivity contribution in [1.29, 1.82) is 0 Å². The van der Waals surface area contributed by atoms with Gasteiger partial charge in [-0.3, -0.25) is 9.69 Å². The van der Waals surface area contributed by atoms with E-state index >= 15 is 0 Å². The fourth-order valence-electron chi connectivity index (χ4n) is 4.16. The number of carbonyl (C=O) groups excluding carboxylic acids is 1. The number of hydrogen-bond donors (Lipinski definition) is 0. The highest BCUT2D eigenvalue weighted by Crippen LogP contribution is 2.32. The second-order valence-electron chi connectivity index (χ2n) is 8.43. The lowest BCUT2D eigenvalue weighted by Gasteiger charge is -2.47. The van der Waals surface area contributed by atoms with Crippen molar-refractivity contribution < 1.29 is 50.1 Å². The lowest BCUT2D eigenvalue weighted by molar-refractivity contribution is -0.287. The molecule has 37 heavy (non-hydrogen) atoms. The van der Waals surface area contributed by atoms with Crippen LogP contribution in [0.25, 0.3) is 0 Å². The van der Waals surface area contributed by atoms with E-state index in [4.69, 9.17) is 21.1 Å². The van der Waals surface area contributed by atoms with Gasteiger partial charge >= 0.3 is 12.7 Å². The summed E-state index contributed by atoms with van der Waals surface area (Å²) < 4.78 is 94.1. The Kier molecular flexibility index (Phi) is 7.79. The molecule has 1 unspecified atom stereocenters. The number of amides is 1. The number of hydrogen-bond acceptors (Lipinski definition) is 6. The molecule has 0 aromatic heterocycles. The van der Waals surface area contributed by atoms with Gasteiger partial charge in [0.1, 0.15) is 11.5 Å². The fraction of sp³-hybridized carbons (Fsp3) is 0.435. The summed E-state index contributed by atoms with van der Waals surface area (Å²) in [5.41, 5.74) is 0.816. The third-order valence-electron chi connectivity index (χ3n) is 5.65. The second kappa shape index (κ2) is 10.6. The van der Waals surface area contributed by atoms with Gasteiger partial charge < -0.3 is 23.8 Å². The smallest absolute Gasteiger partial charge is 0.406 e. The van der Waals surface area contributed by atoms with E-state index in [9.17, 15) is 31.1 Å². The number of morpholine rings is 2. The molecule has 1 amide bonds. The molecule has 0 bridgehead atoms. The first-order valence-corrected chi connectivity index (χ1v) is 11.4. The molecule has 1 atom stereocenters. The van der Waals surface area contributed by atoms with Gasteiger partial charge in [0.2, 0.25) is 0 Å². The third-order valence-corrected chi connectivity index (χ3v) is 5.94. The van der Waals surface area contributed by atoms with Gasteiger partial charge in [0.15, 0.2) is 5.79 Å². The van der Waals surface area contributed by atoms with Gasteiger partial charge in [-0.05, 0) is 42.0 Å². The summed E-state index contributed by atoms with van der Waals surface area (Å²) in [6.07, 6.45) is -9.70. The molecule has 202 valence electrons. The van der Waals surface area contributed by atoms with Crippen molar-refractivity contribution in [3.63, 3.8) is 0 Å². The Balaban J connectivity index is 1.39. The minimum atomic E-state index is -4.86. The average Bonchev–Trinajstić information content (AvgIpc) is 2.79. The zero-order valence-corrected chi connectivity index (χ0v) is 19.8. The number of benzene rings is 2. The Morgan fingerprint density at radius 2 is 1.57 bits per heavy atom. The van der Waals surface area contributed by atoms with Crippen molar-refractivity contribution in [3.05, 3.63) is 58.6 Å². The van der Waals surface area contributed by atoms with Gasteiger partial charge in [0.05, 0.1) is 31.3 Å². The standard InChI is InChI=1S/C23H21ClF6N2O5/c24-18-11-15(1-6-19(18)37-23(28,29)30)12-31-7-9-34-21(13-31)14-32(8-10-35-21)20(33)16-2-4-17(5-3-16)36-22(25,26)27/h1-6,11H,7-10,12-14H2. The summed E-state index contributed by atoms with van der Waals surface area (Å²) in [5.74, 6) is -2.49. The fourth-order valence-corrected chi connectivity index (χ4v) is 4.41. The largest absolute Gasteiger partial charge is 0.573 e. The summed E-state index contributed by atoms with van der Waals surface area (Å²) in [6, 6.07) is 8.61. The predicted octanol–water partition coefficient (Wildman–Crippen LogP) is 4.84. The maximum atomic E-state index is 13.0. The van der Waals surface area contributed by atoms with Gasteiger partial charge in [0.25, 0.3) is 5.91 Å². The lowest BCUT2D eigenvalue weighted by atomic mass is 10.1. The number of nitrogens with zero attached hydrogens (tertiary/aromatic N) is 2. The molecule has 2 aromatic rings. The highest BCUT2D eigenvalue weighted by Gasteiger charge is 2.43. The molecular weight excluding hydrogens is 534 g/mol. The van der Waals surface area contributed by atoms with Gasteiger partial charge in [-0.1, -0.05) is 17.7 Å². The van der Waals surface area contributed by atoms with Crippen molar-refractivity contribution in [2.24, 2.45) is 0 Å². The van der Waals surface area contributed by atoms with Crippen LogP contribution in [0.3, 0.4) is 0 Å². The SMILES string of the molecule is O=C(c1ccc(OC(F)(F)F)cc1)N1CCOC2(CN(Cc3ccc(OC(F)(F)F)c(Cl)c3)CCO2)C1. The van der Waals surface area contributed by atoms with Crippen LogP contribution in [0.1, 0.15) is 15.9 Å². The molecule has 0 aliphatic carbocycles. The van der Waals surface area contributed by atoms with E-state index in [2.05, 4.69) is 9.47 Å². The monoisotopic (exact) mass is 554 g/mol. The van der Waals surface area contributed by atoms with E-state index in [1.807, 2.05) is 4.90 Å². The molecule has 14 heteroatoms. The van der Waals surface area contributed by atoms with Crippen LogP contribution in [-0.4, -0.2) is 73.6 Å². The third kappa shape index (κ3) is 7.40. The van der Waals surface area contributed by atoms with Crippen molar-refractivity contribution in [2.45, 2.75) is 25.1 Å². The molecule has 0 radical (unpaired) electrons. The van der Waals surface area contributed by atoms with Crippen LogP contribution >= 0.6 is 11.6 Å². The van der Waals surface area contributed by atoms with E-state index in [0.29, 0.717) is 18.7 Å². The Hall–Kier alpha value is -2.74. The lowest BCUT2D eigenvalue weighted by Crippen LogP contribution is -2.62. The van der Waals surface area contributed by atoms with Crippen LogP contribution in [0, 0.1) is 0 Å². The Morgan fingerprint density at radius 3 is 2.19 bits per heavy atom. The van der Waals surface area contributed by atoms with Crippen LogP contribution in [-0.2, 0) is 16.0 Å². The summed E-state index contributed by atoms with van der Waals surface area (Å²) in [4.78, 5) is 16.4. The first-order chi connectivity index (χ1) is 17.3. The molecule has 4 rings (SSSR count). The summed E-state index contributed by atoms with van der Waals surface area (Å²) >= 11 is 5.95. The van der Waals surface area contributed by atoms with Gasteiger partial charge in [-0.2, -0.15) is 0 Å². The van der Waals surface area contributed by atoms with E-state index in [1.54, 1.807) is 0 Å². The van der Waals surface area contributed by atoms with Crippen LogP contribution in [0.15, 0.2) is 42.5 Å². The highest BCUT2D eigenvalue weighted by molar-refractivity contribution is 6.32. The number of halogens is 7. The molecule has 2 aliphatic heterocycles. The van der Waals surface area contributed by atoms with E-state index in [1.165, 1.54) is 29.2 Å². The van der Waals surface area contributed by atoms with Gasteiger partial charge in [-0.25, -0.2) is 0 Å². The molecule has 2 heterocycles. The maximum absolute atomic E-state index is 13.0. The minimum Gasteiger partial charge on any atom is -0.406 e. The highest BCUT2D eigenvalue weighted by atomic mass is 35.5. The first kappa shape index (κ1) is 27.3. The van der Waals surface area contributed by atoms with Crippen LogP contribution < -0.4 is 9.47 Å². The molecule has 0 saturated carbocycles. The van der Waals surface area contributed by atoms with E-state index < -0.39 is 35.9 Å². The van der Waals surface area contributed by atoms with Crippen molar-refractivity contribution >= 4 is 17.5 Å².